The number of amides is 1. The minimum atomic E-state index is -4.50. The summed E-state index contributed by atoms with van der Waals surface area (Å²) >= 11 is 0. The highest BCUT2D eigenvalue weighted by Gasteiger charge is 2.47. The van der Waals surface area contributed by atoms with Crippen LogP contribution in [-0.4, -0.2) is 37.8 Å². The molecule has 2 aromatic heterocycles. The molecule has 2 atom stereocenters. The fraction of sp³-hybridized carbons (Fsp3) is 0.227. The number of alkyl halides is 3. The molecule has 2 aliphatic heterocycles. The number of hydrogen-bond donors (Lipinski definition) is 1. The first-order valence-corrected chi connectivity index (χ1v) is 10.1. The number of carbonyl (C=O) groups is 1. The zero-order valence-electron chi connectivity index (χ0n) is 16.8. The van der Waals surface area contributed by atoms with E-state index in [9.17, 15) is 22.4 Å². The minimum Gasteiger partial charge on any atom is -0.487 e. The van der Waals surface area contributed by atoms with E-state index in [1.54, 1.807) is 4.40 Å². The molecule has 0 unspecified atom stereocenters. The average Bonchev–Trinajstić information content (AvgIpc) is 3.47. The van der Waals surface area contributed by atoms with Gasteiger partial charge in [0.25, 0.3) is 5.91 Å². The van der Waals surface area contributed by atoms with Crippen molar-refractivity contribution in [1.82, 2.24) is 19.3 Å². The molecule has 2 aliphatic rings. The number of nitrogen functional groups attached to an aromatic ring is 1. The molecule has 4 aromatic rings. The number of ether oxygens (including phenoxy) is 1. The van der Waals surface area contributed by atoms with Gasteiger partial charge in [0.1, 0.15) is 29.0 Å². The van der Waals surface area contributed by atoms with Gasteiger partial charge in [-0.25, -0.2) is 14.4 Å². The van der Waals surface area contributed by atoms with Crippen molar-refractivity contribution in [1.29, 1.82) is 0 Å². The van der Waals surface area contributed by atoms with Crippen LogP contribution < -0.4 is 10.5 Å². The molecular weight excluding hydrogens is 442 g/mol. The Morgan fingerprint density at radius 1 is 1.18 bits per heavy atom. The van der Waals surface area contributed by atoms with Gasteiger partial charge in [-0.2, -0.15) is 13.2 Å². The first-order chi connectivity index (χ1) is 15.7. The maximum atomic E-state index is 15.0. The summed E-state index contributed by atoms with van der Waals surface area (Å²) in [6.45, 7) is 0.284. The van der Waals surface area contributed by atoms with Crippen LogP contribution in [0.4, 0.5) is 23.4 Å². The number of anilines is 1. The van der Waals surface area contributed by atoms with Gasteiger partial charge in [-0.1, -0.05) is 6.07 Å². The number of rotatable bonds is 1. The monoisotopic (exact) mass is 457 g/mol. The molecule has 0 bridgehead atoms. The Morgan fingerprint density at radius 2 is 2.00 bits per heavy atom. The van der Waals surface area contributed by atoms with Crippen molar-refractivity contribution in [2.75, 3.05) is 12.3 Å². The van der Waals surface area contributed by atoms with Crippen molar-refractivity contribution in [2.45, 2.75) is 24.7 Å². The van der Waals surface area contributed by atoms with Crippen LogP contribution in [0.25, 0.3) is 16.6 Å². The number of hydrogen-bond acceptors (Lipinski definition) is 5. The summed E-state index contributed by atoms with van der Waals surface area (Å²) in [6, 6.07) is 5.17. The van der Waals surface area contributed by atoms with Crippen molar-refractivity contribution in [2.24, 2.45) is 0 Å². The van der Waals surface area contributed by atoms with Gasteiger partial charge in [0, 0.05) is 24.6 Å². The SMILES string of the molecule is Nc1nc2cc(F)c(C(=O)N3CC[C@@H]4Oc5cc(C(F)(F)F)ccc5[C@@H]43)cc2n2cncc12. The standard InChI is InChI=1S/C22H15F4N5O2/c23-13-7-14-15(31-9-28-8-16(31)20(27)29-14)6-12(13)21(32)30-4-3-17-19(30)11-2-1-10(22(24,25)26)5-18(11)33-17/h1-2,5-9,17,19H,3-4H2,(H2,27,29)/t17-,19-/m0/s1. The van der Waals surface area contributed by atoms with Crippen LogP contribution in [0.2, 0.25) is 0 Å². The third-order valence-electron chi connectivity index (χ3n) is 6.24. The number of benzene rings is 2. The number of likely N-dealkylation sites (tertiary alicyclic amines) is 1. The van der Waals surface area contributed by atoms with Gasteiger partial charge in [0.2, 0.25) is 0 Å². The molecule has 0 spiro atoms. The van der Waals surface area contributed by atoms with E-state index in [4.69, 9.17) is 10.5 Å². The van der Waals surface area contributed by atoms with Gasteiger partial charge in [0.05, 0.1) is 40.7 Å². The summed E-state index contributed by atoms with van der Waals surface area (Å²) in [5, 5.41) is 0. The van der Waals surface area contributed by atoms with E-state index in [1.165, 1.54) is 29.6 Å². The number of halogens is 4. The largest absolute Gasteiger partial charge is 0.487 e. The summed E-state index contributed by atoms with van der Waals surface area (Å²) in [5.41, 5.74) is 6.62. The van der Waals surface area contributed by atoms with E-state index in [-0.39, 0.29) is 29.2 Å². The lowest BCUT2D eigenvalue weighted by Crippen LogP contribution is -2.32. The molecule has 11 heteroatoms. The van der Waals surface area contributed by atoms with Gasteiger partial charge in [-0.3, -0.25) is 9.20 Å². The van der Waals surface area contributed by atoms with E-state index in [0.29, 0.717) is 23.0 Å². The third-order valence-corrected chi connectivity index (χ3v) is 6.24. The minimum absolute atomic E-state index is 0.0936. The number of imidazole rings is 1. The van der Waals surface area contributed by atoms with Crippen molar-refractivity contribution < 1.29 is 27.1 Å². The Bertz CT molecular complexity index is 1460. The normalized spacial score (nSPS) is 19.7. The fourth-order valence-corrected chi connectivity index (χ4v) is 4.72. The first-order valence-electron chi connectivity index (χ1n) is 10.1. The maximum Gasteiger partial charge on any atom is 0.416 e. The quantitative estimate of drug-likeness (QED) is 0.437. The molecule has 0 saturated carbocycles. The predicted molar refractivity (Wildman–Crippen MR) is 109 cm³/mol. The molecule has 1 amide bonds. The van der Waals surface area contributed by atoms with Gasteiger partial charge < -0.3 is 15.4 Å². The molecule has 1 fully saturated rings. The average molecular weight is 457 g/mol. The molecule has 4 heterocycles. The van der Waals surface area contributed by atoms with Crippen LogP contribution in [0.5, 0.6) is 5.75 Å². The Morgan fingerprint density at radius 3 is 2.79 bits per heavy atom. The predicted octanol–water partition coefficient (Wildman–Crippen LogP) is 3.97. The van der Waals surface area contributed by atoms with Gasteiger partial charge in [-0.15, -0.1) is 0 Å². The summed E-state index contributed by atoms with van der Waals surface area (Å²) in [4.78, 5) is 23.1. The molecule has 1 saturated heterocycles. The summed E-state index contributed by atoms with van der Waals surface area (Å²) in [5.74, 6) is -1.08. The lowest BCUT2D eigenvalue weighted by molar-refractivity contribution is -0.137. The van der Waals surface area contributed by atoms with Gasteiger partial charge in [0.15, 0.2) is 0 Å². The molecule has 0 aliphatic carbocycles. The topological polar surface area (TPSA) is 85.8 Å². The van der Waals surface area contributed by atoms with Crippen molar-refractivity contribution in [3.63, 3.8) is 0 Å². The highest BCUT2D eigenvalue weighted by Crippen LogP contribution is 2.47. The Balaban J connectivity index is 1.41. The van der Waals surface area contributed by atoms with Crippen molar-refractivity contribution in [3.05, 3.63) is 65.4 Å². The lowest BCUT2D eigenvalue weighted by Gasteiger charge is -2.24. The molecule has 6 rings (SSSR count). The van der Waals surface area contributed by atoms with E-state index in [2.05, 4.69) is 9.97 Å². The van der Waals surface area contributed by atoms with Crippen molar-refractivity contribution in [3.8, 4) is 5.75 Å². The molecule has 7 nitrogen and oxygen atoms in total. The molecular formula is C22H15F4N5O2. The highest BCUT2D eigenvalue weighted by atomic mass is 19.4. The Labute approximate surface area is 183 Å². The van der Waals surface area contributed by atoms with Crippen LogP contribution in [-0.2, 0) is 6.18 Å². The van der Waals surface area contributed by atoms with E-state index in [0.717, 1.165) is 18.2 Å². The molecule has 0 radical (unpaired) electrons. The Hall–Kier alpha value is -3.89. The van der Waals surface area contributed by atoms with Gasteiger partial charge in [-0.05, 0) is 18.2 Å². The maximum absolute atomic E-state index is 15.0. The second-order valence-electron chi connectivity index (χ2n) is 8.11. The molecule has 168 valence electrons. The van der Waals surface area contributed by atoms with Crippen LogP contribution in [0.3, 0.4) is 0 Å². The fourth-order valence-electron chi connectivity index (χ4n) is 4.72. The zero-order chi connectivity index (χ0) is 23.1. The second kappa shape index (κ2) is 6.56. The molecule has 33 heavy (non-hydrogen) atoms. The second-order valence-corrected chi connectivity index (χ2v) is 8.11. The van der Waals surface area contributed by atoms with Crippen LogP contribution in [0, 0.1) is 5.82 Å². The van der Waals surface area contributed by atoms with E-state index >= 15 is 0 Å². The van der Waals surface area contributed by atoms with Gasteiger partial charge >= 0.3 is 6.18 Å². The van der Waals surface area contributed by atoms with E-state index < -0.39 is 35.6 Å². The number of fused-ring (bicyclic) bond motifs is 6. The summed E-state index contributed by atoms with van der Waals surface area (Å²) < 4.78 is 61.6. The number of nitrogens with two attached hydrogens (primary N) is 1. The molecule has 2 N–H and O–H groups in total. The lowest BCUT2D eigenvalue weighted by atomic mass is 10.0. The number of nitrogens with zero attached hydrogens (tertiary/aromatic N) is 4. The number of aromatic nitrogens is 3. The highest BCUT2D eigenvalue weighted by molar-refractivity contribution is 5.99. The Kier molecular flexibility index (Phi) is 3.93. The molecule has 2 aromatic carbocycles. The van der Waals surface area contributed by atoms with E-state index in [1.807, 2.05) is 0 Å². The number of carbonyl (C=O) groups excluding carboxylic acids is 1. The third kappa shape index (κ3) is 2.84. The van der Waals surface area contributed by atoms with Crippen molar-refractivity contribution >= 4 is 28.3 Å². The smallest absolute Gasteiger partial charge is 0.416 e. The zero-order valence-corrected chi connectivity index (χ0v) is 16.8. The van der Waals surface area contributed by atoms with Crippen LogP contribution >= 0.6 is 0 Å². The summed E-state index contributed by atoms with van der Waals surface area (Å²) in [6.07, 6.45) is -1.56. The van der Waals surface area contributed by atoms with Crippen LogP contribution in [0.15, 0.2) is 42.9 Å². The first kappa shape index (κ1) is 19.8. The van der Waals surface area contributed by atoms with Crippen LogP contribution in [0.1, 0.15) is 33.9 Å². The summed E-state index contributed by atoms with van der Waals surface area (Å²) in [7, 11) is 0.